The summed E-state index contributed by atoms with van der Waals surface area (Å²) in [7, 11) is 0. The van der Waals surface area contributed by atoms with Gasteiger partial charge in [-0.15, -0.1) is 0 Å². The number of alkyl halides is 3. The first kappa shape index (κ1) is 17.2. The Labute approximate surface area is 123 Å². The molecule has 0 saturated carbocycles. The van der Waals surface area contributed by atoms with E-state index in [1.54, 1.807) is 0 Å². The average molecular weight is 325 g/mol. The summed E-state index contributed by atoms with van der Waals surface area (Å²) >= 11 is 5.59. The Morgan fingerprint density at radius 1 is 1.48 bits per heavy atom. The van der Waals surface area contributed by atoms with Crippen LogP contribution < -0.4 is 5.32 Å². The van der Waals surface area contributed by atoms with E-state index in [1.807, 2.05) is 0 Å². The summed E-state index contributed by atoms with van der Waals surface area (Å²) in [6.45, 7) is 1.44. The summed E-state index contributed by atoms with van der Waals surface area (Å²) in [5.41, 5.74) is -0.361. The van der Waals surface area contributed by atoms with Gasteiger partial charge in [0.1, 0.15) is 5.15 Å². The third-order valence-electron chi connectivity index (χ3n) is 2.54. The molecule has 0 fully saturated rings. The molecule has 1 heterocycles. The Kier molecular flexibility index (Phi) is 5.54. The number of aromatic nitrogens is 1. The molecule has 0 aliphatic rings. The van der Waals surface area contributed by atoms with Crippen molar-refractivity contribution in [2.45, 2.75) is 25.9 Å². The normalized spacial score (nSPS) is 12.7. The summed E-state index contributed by atoms with van der Waals surface area (Å²) in [6.07, 6.45) is -3.48. The number of amides is 1. The zero-order valence-corrected chi connectivity index (χ0v) is 11.9. The molecule has 1 atom stereocenters. The van der Waals surface area contributed by atoms with Crippen molar-refractivity contribution in [1.29, 1.82) is 0 Å². The topological polar surface area (TPSA) is 68.3 Å². The smallest absolute Gasteiger partial charge is 0.395 e. The molecule has 9 heteroatoms. The number of esters is 1. The van der Waals surface area contributed by atoms with Crippen LogP contribution in [0.15, 0.2) is 12.3 Å². The molecule has 0 aromatic carbocycles. The second-order valence-electron chi connectivity index (χ2n) is 4.19. The number of hydrogen-bond acceptors (Lipinski definition) is 4. The van der Waals surface area contributed by atoms with Crippen molar-refractivity contribution in [3.8, 4) is 0 Å². The van der Waals surface area contributed by atoms with Crippen LogP contribution in [0.1, 0.15) is 25.3 Å². The van der Waals surface area contributed by atoms with Crippen molar-refractivity contribution in [2.24, 2.45) is 0 Å². The van der Waals surface area contributed by atoms with Gasteiger partial charge in [0.25, 0.3) is 5.91 Å². The van der Waals surface area contributed by atoms with Crippen molar-refractivity contribution >= 4 is 29.2 Å². The van der Waals surface area contributed by atoms with Gasteiger partial charge in [-0.3, -0.25) is 9.59 Å². The molecular formula is C12H12ClF3N2O3. The first-order valence-corrected chi connectivity index (χ1v) is 6.14. The number of hydrogen-bond donors (Lipinski definition) is 1. The third kappa shape index (κ3) is 5.22. The first-order chi connectivity index (χ1) is 9.61. The van der Waals surface area contributed by atoms with Crippen molar-refractivity contribution in [3.63, 3.8) is 0 Å². The molecule has 21 heavy (non-hydrogen) atoms. The molecule has 0 unspecified atom stereocenters. The molecule has 0 aliphatic carbocycles. The Hall–Kier alpha value is -1.83. The zero-order valence-electron chi connectivity index (χ0n) is 11.1. The minimum atomic E-state index is -4.50. The molecule has 1 aromatic heterocycles. The summed E-state index contributed by atoms with van der Waals surface area (Å²) in [5.74, 6) is -3.30. The van der Waals surface area contributed by atoms with Crippen LogP contribution in [-0.4, -0.2) is 29.6 Å². The first-order valence-electron chi connectivity index (χ1n) is 5.76. The van der Waals surface area contributed by atoms with Crippen LogP contribution in [0, 0.1) is 0 Å². The van der Waals surface area contributed by atoms with Crippen molar-refractivity contribution in [2.75, 3.05) is 11.9 Å². The standard InChI is InChI=1S/C12H12ClF3N2O3/c1-6(12(14,15)16)8-3-10(13)17-4-9(8)18-11(20)5-21-7(2)19/h3-4,6H,5H2,1-2H3,(H,18,20)/t6-/m0/s1. The number of rotatable bonds is 4. The van der Waals surface area contributed by atoms with Gasteiger partial charge >= 0.3 is 12.1 Å². The van der Waals surface area contributed by atoms with Gasteiger partial charge < -0.3 is 10.1 Å². The molecule has 1 amide bonds. The molecule has 1 aromatic rings. The largest absolute Gasteiger partial charge is 0.456 e. The monoisotopic (exact) mass is 324 g/mol. The lowest BCUT2D eigenvalue weighted by Gasteiger charge is -2.19. The second kappa shape index (κ2) is 6.75. The van der Waals surface area contributed by atoms with Crippen molar-refractivity contribution in [1.82, 2.24) is 4.98 Å². The van der Waals surface area contributed by atoms with E-state index in [9.17, 15) is 22.8 Å². The fraction of sp³-hybridized carbons (Fsp3) is 0.417. The van der Waals surface area contributed by atoms with E-state index in [0.717, 1.165) is 26.1 Å². The Morgan fingerprint density at radius 3 is 2.62 bits per heavy atom. The van der Waals surface area contributed by atoms with Crippen LogP contribution >= 0.6 is 11.6 Å². The summed E-state index contributed by atoms with van der Waals surface area (Å²) in [6, 6.07) is 1.03. The maximum Gasteiger partial charge on any atom is 0.395 e. The Bertz CT molecular complexity index is 549. The van der Waals surface area contributed by atoms with Gasteiger partial charge in [-0.2, -0.15) is 13.2 Å². The van der Waals surface area contributed by atoms with Crippen LogP contribution in [0.2, 0.25) is 5.15 Å². The van der Waals surface area contributed by atoms with E-state index < -0.39 is 30.6 Å². The Balaban J connectivity index is 2.97. The highest BCUT2D eigenvalue weighted by Crippen LogP contribution is 2.38. The van der Waals surface area contributed by atoms with Crippen LogP contribution in [0.4, 0.5) is 18.9 Å². The van der Waals surface area contributed by atoms with E-state index >= 15 is 0 Å². The lowest BCUT2D eigenvalue weighted by atomic mass is 10.0. The third-order valence-corrected chi connectivity index (χ3v) is 2.75. The van der Waals surface area contributed by atoms with E-state index in [0.29, 0.717) is 0 Å². The van der Waals surface area contributed by atoms with E-state index in [1.165, 1.54) is 0 Å². The fourth-order valence-electron chi connectivity index (χ4n) is 1.44. The Morgan fingerprint density at radius 2 is 2.10 bits per heavy atom. The van der Waals surface area contributed by atoms with Gasteiger partial charge in [0.05, 0.1) is 17.8 Å². The number of nitrogens with one attached hydrogen (secondary N) is 1. The molecule has 0 saturated heterocycles. The lowest BCUT2D eigenvalue weighted by molar-refractivity contribution is -0.146. The molecule has 0 radical (unpaired) electrons. The number of anilines is 1. The summed E-state index contributed by atoms with van der Waals surface area (Å²) in [4.78, 5) is 25.7. The lowest BCUT2D eigenvalue weighted by Crippen LogP contribution is -2.23. The van der Waals surface area contributed by atoms with E-state index in [2.05, 4.69) is 15.0 Å². The summed E-state index contributed by atoms with van der Waals surface area (Å²) in [5, 5.41) is 2.08. The molecule has 1 N–H and O–H groups in total. The van der Waals surface area contributed by atoms with Gasteiger partial charge in [0.15, 0.2) is 6.61 Å². The van der Waals surface area contributed by atoms with Crippen molar-refractivity contribution in [3.05, 3.63) is 23.0 Å². The highest BCUT2D eigenvalue weighted by atomic mass is 35.5. The van der Waals surface area contributed by atoms with E-state index in [4.69, 9.17) is 11.6 Å². The number of halogens is 4. The minimum absolute atomic E-state index is 0.126. The molecular weight excluding hydrogens is 313 g/mol. The molecule has 5 nitrogen and oxygen atoms in total. The SMILES string of the molecule is CC(=O)OCC(=O)Nc1cnc(Cl)cc1[C@H](C)C(F)(F)F. The molecule has 116 valence electrons. The van der Waals surface area contributed by atoms with E-state index in [-0.39, 0.29) is 16.4 Å². The van der Waals surface area contributed by atoms with Gasteiger partial charge in [-0.05, 0) is 18.6 Å². The predicted molar refractivity (Wildman–Crippen MR) is 69.0 cm³/mol. The number of carbonyl (C=O) groups is 2. The number of pyridine rings is 1. The van der Waals surface area contributed by atoms with Gasteiger partial charge in [0.2, 0.25) is 0 Å². The molecule has 0 spiro atoms. The van der Waals surface area contributed by atoms with Crippen LogP contribution in [0.5, 0.6) is 0 Å². The fourth-order valence-corrected chi connectivity index (χ4v) is 1.60. The highest BCUT2D eigenvalue weighted by molar-refractivity contribution is 6.29. The van der Waals surface area contributed by atoms with Gasteiger partial charge in [-0.25, -0.2) is 4.98 Å². The quantitative estimate of drug-likeness (QED) is 0.683. The number of ether oxygens (including phenoxy) is 1. The van der Waals surface area contributed by atoms with Crippen LogP contribution in [0.25, 0.3) is 0 Å². The minimum Gasteiger partial charge on any atom is -0.456 e. The zero-order chi connectivity index (χ0) is 16.2. The van der Waals surface area contributed by atoms with Gasteiger partial charge in [0, 0.05) is 6.92 Å². The maximum atomic E-state index is 12.8. The predicted octanol–water partition coefficient (Wildman–Crippen LogP) is 2.90. The molecule has 0 aliphatic heterocycles. The molecule has 1 rings (SSSR count). The summed E-state index contributed by atoms with van der Waals surface area (Å²) < 4.78 is 42.8. The van der Waals surface area contributed by atoms with Crippen LogP contribution in [0.3, 0.4) is 0 Å². The molecule has 0 bridgehead atoms. The number of nitrogens with zero attached hydrogens (tertiary/aromatic N) is 1. The second-order valence-corrected chi connectivity index (χ2v) is 4.57. The average Bonchev–Trinajstić information content (AvgIpc) is 2.36. The van der Waals surface area contributed by atoms with Gasteiger partial charge in [-0.1, -0.05) is 11.6 Å². The van der Waals surface area contributed by atoms with Crippen molar-refractivity contribution < 1.29 is 27.5 Å². The highest BCUT2D eigenvalue weighted by Gasteiger charge is 2.38. The number of carbonyl (C=O) groups excluding carboxylic acids is 2. The maximum absolute atomic E-state index is 12.8. The van der Waals surface area contributed by atoms with Crippen LogP contribution in [-0.2, 0) is 14.3 Å².